The molecule has 3 aromatic rings. The minimum Gasteiger partial charge on any atom is -0.300 e. The molecule has 1 aliphatic rings. The van der Waals surface area contributed by atoms with E-state index in [-0.39, 0.29) is 16.7 Å². The summed E-state index contributed by atoms with van der Waals surface area (Å²) in [5, 5.41) is 12.2. The fraction of sp³-hybridized carbons (Fsp3) is 0.250. The summed E-state index contributed by atoms with van der Waals surface area (Å²) in [6.07, 6.45) is 0.949. The summed E-state index contributed by atoms with van der Waals surface area (Å²) < 4.78 is 26.9. The summed E-state index contributed by atoms with van der Waals surface area (Å²) in [7, 11) is -3.52. The van der Waals surface area contributed by atoms with Gasteiger partial charge in [-0.2, -0.15) is 4.31 Å². The maximum Gasteiger partial charge on any atom is 0.243 e. The van der Waals surface area contributed by atoms with Gasteiger partial charge in [0.05, 0.1) is 4.90 Å². The number of nitrogens with zero attached hydrogens (tertiary/aromatic N) is 3. The number of carbonyl (C=O) groups excluding carboxylic acids is 1. The molecule has 9 heteroatoms. The Hall–Kier alpha value is -2.62. The first-order valence-corrected chi connectivity index (χ1v) is 11.5. The number of nitrogens with one attached hydrogen (secondary N) is 1. The van der Waals surface area contributed by atoms with Crippen LogP contribution in [0.25, 0.3) is 10.6 Å². The highest BCUT2D eigenvalue weighted by molar-refractivity contribution is 7.89. The van der Waals surface area contributed by atoms with Crippen LogP contribution in [0.15, 0.2) is 65.6 Å². The number of hydrogen-bond donors (Lipinski definition) is 1. The molecule has 1 fully saturated rings. The normalized spacial score (nSPS) is 15.9. The summed E-state index contributed by atoms with van der Waals surface area (Å²) in [6.45, 7) is 0.640. The van der Waals surface area contributed by atoms with Crippen LogP contribution in [0, 0.1) is 5.92 Å². The largest absolute Gasteiger partial charge is 0.300 e. The second kappa shape index (κ2) is 8.40. The minimum atomic E-state index is -3.52. The van der Waals surface area contributed by atoms with Gasteiger partial charge in [0.25, 0.3) is 0 Å². The standard InChI is InChI=1S/C20H20N4O3S2/c25-18(21-20-23-22-19(28-20)16-7-3-1-4-8-16)15-11-13-24(14-12-15)29(26,27)17-9-5-2-6-10-17/h1-10,15H,11-14H2,(H,21,23,25). The zero-order valence-electron chi connectivity index (χ0n) is 15.6. The average molecular weight is 429 g/mol. The molecule has 1 aromatic heterocycles. The summed E-state index contributed by atoms with van der Waals surface area (Å²) in [4.78, 5) is 12.9. The third-order valence-electron chi connectivity index (χ3n) is 4.88. The lowest BCUT2D eigenvalue weighted by Gasteiger charge is -2.30. The van der Waals surface area contributed by atoms with E-state index in [9.17, 15) is 13.2 Å². The average Bonchev–Trinajstić information content (AvgIpc) is 3.23. The maximum atomic E-state index is 12.7. The van der Waals surface area contributed by atoms with Gasteiger partial charge >= 0.3 is 0 Å². The number of piperidine rings is 1. The van der Waals surface area contributed by atoms with Gasteiger partial charge in [0.15, 0.2) is 0 Å². The van der Waals surface area contributed by atoms with Crippen molar-refractivity contribution < 1.29 is 13.2 Å². The zero-order valence-corrected chi connectivity index (χ0v) is 17.2. The number of hydrogen-bond acceptors (Lipinski definition) is 6. The molecule has 1 saturated heterocycles. The molecule has 1 amide bonds. The smallest absolute Gasteiger partial charge is 0.243 e. The molecule has 0 saturated carbocycles. The molecule has 0 unspecified atom stereocenters. The van der Waals surface area contributed by atoms with Gasteiger partial charge in [-0.1, -0.05) is 59.9 Å². The first-order chi connectivity index (χ1) is 14.0. The highest BCUT2D eigenvalue weighted by atomic mass is 32.2. The highest BCUT2D eigenvalue weighted by Crippen LogP contribution is 2.28. The van der Waals surface area contributed by atoms with Gasteiger partial charge in [-0.25, -0.2) is 8.42 Å². The molecule has 2 heterocycles. The highest BCUT2D eigenvalue weighted by Gasteiger charge is 2.32. The van der Waals surface area contributed by atoms with Gasteiger partial charge in [0, 0.05) is 24.6 Å². The van der Waals surface area contributed by atoms with Crippen molar-refractivity contribution in [1.29, 1.82) is 0 Å². The van der Waals surface area contributed by atoms with Crippen molar-refractivity contribution >= 4 is 32.4 Å². The molecule has 7 nitrogen and oxygen atoms in total. The number of rotatable bonds is 5. The Balaban J connectivity index is 1.36. The van der Waals surface area contributed by atoms with Crippen LogP contribution in [0.5, 0.6) is 0 Å². The number of benzene rings is 2. The lowest BCUT2D eigenvalue weighted by molar-refractivity contribution is -0.120. The SMILES string of the molecule is O=C(Nc1nnc(-c2ccccc2)s1)C1CCN(S(=O)(=O)c2ccccc2)CC1. The number of anilines is 1. The fourth-order valence-electron chi connectivity index (χ4n) is 3.28. The topological polar surface area (TPSA) is 92.3 Å². The molecule has 2 aromatic carbocycles. The van der Waals surface area contributed by atoms with Crippen molar-refractivity contribution in [1.82, 2.24) is 14.5 Å². The van der Waals surface area contributed by atoms with Crippen LogP contribution in [-0.4, -0.2) is 41.9 Å². The second-order valence-corrected chi connectivity index (χ2v) is 9.67. The van der Waals surface area contributed by atoms with Crippen LogP contribution in [-0.2, 0) is 14.8 Å². The van der Waals surface area contributed by atoms with Crippen LogP contribution >= 0.6 is 11.3 Å². The number of carbonyl (C=O) groups is 1. The molecule has 1 N–H and O–H groups in total. The Kier molecular flexibility index (Phi) is 5.70. The fourth-order valence-corrected chi connectivity index (χ4v) is 5.52. The van der Waals surface area contributed by atoms with E-state index in [1.54, 1.807) is 30.3 Å². The molecule has 1 aliphatic heterocycles. The molecular formula is C20H20N4O3S2. The van der Waals surface area contributed by atoms with Crippen molar-refractivity contribution in [3.63, 3.8) is 0 Å². The van der Waals surface area contributed by atoms with Gasteiger partial charge in [-0.3, -0.25) is 4.79 Å². The monoisotopic (exact) mass is 428 g/mol. The van der Waals surface area contributed by atoms with E-state index < -0.39 is 10.0 Å². The van der Waals surface area contributed by atoms with E-state index in [4.69, 9.17) is 0 Å². The van der Waals surface area contributed by atoms with Gasteiger partial charge in [-0.05, 0) is 25.0 Å². The van der Waals surface area contributed by atoms with Crippen molar-refractivity contribution in [3.05, 3.63) is 60.7 Å². The van der Waals surface area contributed by atoms with Gasteiger partial charge in [-0.15, -0.1) is 10.2 Å². The third-order valence-corrected chi connectivity index (χ3v) is 7.68. The molecule has 0 spiro atoms. The van der Waals surface area contributed by atoms with Crippen molar-refractivity contribution in [2.45, 2.75) is 17.7 Å². The van der Waals surface area contributed by atoms with Gasteiger partial charge in [0.1, 0.15) is 5.01 Å². The molecule has 0 radical (unpaired) electrons. The molecule has 0 atom stereocenters. The molecule has 29 heavy (non-hydrogen) atoms. The summed E-state index contributed by atoms with van der Waals surface area (Å²) in [5.41, 5.74) is 0.949. The van der Waals surface area contributed by atoms with Gasteiger partial charge < -0.3 is 5.32 Å². The Bertz CT molecular complexity index is 1080. The Labute approximate surface area is 173 Å². The van der Waals surface area contributed by atoms with Crippen LogP contribution in [0.2, 0.25) is 0 Å². The van der Waals surface area contributed by atoms with Crippen molar-refractivity contribution in [2.24, 2.45) is 5.92 Å². The predicted molar refractivity (Wildman–Crippen MR) is 112 cm³/mol. The minimum absolute atomic E-state index is 0.141. The zero-order chi connectivity index (χ0) is 20.3. The molecule has 4 rings (SSSR count). The van der Waals surface area contributed by atoms with Crippen molar-refractivity contribution in [2.75, 3.05) is 18.4 Å². The van der Waals surface area contributed by atoms with Gasteiger partial charge in [0.2, 0.25) is 21.1 Å². The number of sulfonamides is 1. The predicted octanol–water partition coefficient (Wildman–Crippen LogP) is 3.24. The van der Waals surface area contributed by atoms with Crippen LogP contribution < -0.4 is 5.32 Å². The summed E-state index contributed by atoms with van der Waals surface area (Å²) >= 11 is 1.32. The quantitative estimate of drug-likeness (QED) is 0.673. The third kappa shape index (κ3) is 4.36. The molecule has 150 valence electrons. The van der Waals surface area contributed by atoms with E-state index in [1.165, 1.54) is 15.6 Å². The number of amides is 1. The maximum absolute atomic E-state index is 12.7. The first-order valence-electron chi connectivity index (χ1n) is 9.29. The molecular weight excluding hydrogens is 408 g/mol. The first kappa shape index (κ1) is 19.7. The molecule has 0 aliphatic carbocycles. The lowest BCUT2D eigenvalue weighted by Crippen LogP contribution is -2.41. The van der Waals surface area contributed by atoms with Crippen molar-refractivity contribution in [3.8, 4) is 10.6 Å². The number of aromatic nitrogens is 2. The van der Waals surface area contributed by atoms with Crippen LogP contribution in [0.3, 0.4) is 0 Å². The lowest BCUT2D eigenvalue weighted by atomic mass is 9.97. The van der Waals surface area contributed by atoms with E-state index in [1.807, 2.05) is 30.3 Å². The Morgan fingerprint density at radius 1 is 0.966 bits per heavy atom. The Morgan fingerprint density at radius 3 is 2.24 bits per heavy atom. The summed E-state index contributed by atoms with van der Waals surface area (Å²) in [6, 6.07) is 18.0. The van der Waals surface area contributed by atoms with E-state index in [0.29, 0.717) is 31.1 Å². The van der Waals surface area contributed by atoms with Crippen LogP contribution in [0.1, 0.15) is 12.8 Å². The van der Waals surface area contributed by atoms with E-state index in [0.717, 1.165) is 10.6 Å². The molecule has 0 bridgehead atoms. The second-order valence-electron chi connectivity index (χ2n) is 6.76. The van der Waals surface area contributed by atoms with Crippen LogP contribution in [0.4, 0.5) is 5.13 Å². The Morgan fingerprint density at radius 2 is 1.59 bits per heavy atom. The van der Waals surface area contributed by atoms with E-state index in [2.05, 4.69) is 15.5 Å². The van der Waals surface area contributed by atoms with E-state index >= 15 is 0 Å². The summed E-state index contributed by atoms with van der Waals surface area (Å²) in [5.74, 6) is -0.390.